The summed E-state index contributed by atoms with van der Waals surface area (Å²) in [4.78, 5) is 0. The minimum absolute atomic E-state index is 0.235. The van der Waals surface area contributed by atoms with Crippen LogP contribution in [0.5, 0.6) is 0 Å². The first-order chi connectivity index (χ1) is 7.65. The normalized spacial score (nSPS) is 10.4. The van der Waals surface area contributed by atoms with Gasteiger partial charge in [-0.1, -0.05) is 23.7 Å². The van der Waals surface area contributed by atoms with Crippen molar-refractivity contribution in [2.45, 2.75) is 6.42 Å². The van der Waals surface area contributed by atoms with Gasteiger partial charge in [-0.15, -0.1) is 0 Å². The lowest BCUT2D eigenvalue weighted by Crippen LogP contribution is -1.93. The van der Waals surface area contributed by atoms with Gasteiger partial charge in [0.25, 0.3) is 0 Å². The third-order valence-electron chi connectivity index (χ3n) is 2.38. The van der Waals surface area contributed by atoms with Gasteiger partial charge in [0.2, 0.25) is 0 Å². The average Bonchev–Trinajstić information content (AvgIpc) is 2.27. The van der Waals surface area contributed by atoms with Gasteiger partial charge in [-0.3, -0.25) is 0 Å². The summed E-state index contributed by atoms with van der Waals surface area (Å²) < 4.78 is 13.5. The molecule has 0 amide bonds. The Morgan fingerprint density at radius 2 is 1.75 bits per heavy atom. The van der Waals surface area contributed by atoms with Crippen molar-refractivity contribution >= 4 is 17.3 Å². The van der Waals surface area contributed by atoms with Crippen molar-refractivity contribution in [3.63, 3.8) is 0 Å². The first-order valence-electron chi connectivity index (χ1n) is 4.93. The fraction of sp³-hybridized carbons (Fsp3) is 0.0769. The third kappa shape index (κ3) is 2.52. The molecule has 3 heteroatoms. The number of nitrogens with two attached hydrogens (primary N) is 1. The first kappa shape index (κ1) is 11.0. The Hall–Kier alpha value is -1.54. The highest BCUT2D eigenvalue weighted by molar-refractivity contribution is 6.30. The molecule has 0 atom stereocenters. The van der Waals surface area contributed by atoms with Gasteiger partial charge in [0.15, 0.2) is 0 Å². The van der Waals surface area contributed by atoms with E-state index < -0.39 is 0 Å². The number of benzene rings is 2. The standard InChI is InChI=1S/C13H11ClFN/c14-11-3-6-13(15)10(8-11)7-9-1-4-12(16)5-2-9/h1-6,8H,7,16H2. The molecule has 0 saturated heterocycles. The molecule has 82 valence electrons. The summed E-state index contributed by atoms with van der Waals surface area (Å²) in [6, 6.07) is 12.0. The SMILES string of the molecule is Nc1ccc(Cc2cc(Cl)ccc2F)cc1. The second-order valence-corrected chi connectivity index (χ2v) is 4.09. The van der Waals surface area contributed by atoms with Gasteiger partial charge in [0.05, 0.1) is 0 Å². The first-order valence-corrected chi connectivity index (χ1v) is 5.31. The van der Waals surface area contributed by atoms with Gasteiger partial charge in [-0.05, 0) is 41.5 Å². The number of rotatable bonds is 2. The van der Waals surface area contributed by atoms with Crippen LogP contribution < -0.4 is 5.73 Å². The molecule has 0 radical (unpaired) electrons. The molecule has 0 aliphatic rings. The Labute approximate surface area is 98.7 Å². The van der Waals surface area contributed by atoms with Gasteiger partial charge in [-0.2, -0.15) is 0 Å². The molecule has 0 spiro atoms. The zero-order valence-electron chi connectivity index (χ0n) is 8.58. The molecule has 0 aliphatic carbocycles. The smallest absolute Gasteiger partial charge is 0.126 e. The van der Waals surface area contributed by atoms with Crippen molar-refractivity contribution in [2.75, 3.05) is 5.73 Å². The minimum atomic E-state index is -0.235. The summed E-state index contributed by atoms with van der Waals surface area (Å²) in [5.74, 6) is -0.235. The highest BCUT2D eigenvalue weighted by atomic mass is 35.5. The summed E-state index contributed by atoms with van der Waals surface area (Å²) in [5, 5.41) is 0.548. The number of anilines is 1. The van der Waals surface area contributed by atoms with Crippen LogP contribution in [0.4, 0.5) is 10.1 Å². The summed E-state index contributed by atoms with van der Waals surface area (Å²) in [7, 11) is 0. The van der Waals surface area contributed by atoms with E-state index in [1.165, 1.54) is 6.07 Å². The predicted molar refractivity (Wildman–Crippen MR) is 65.1 cm³/mol. The molecule has 16 heavy (non-hydrogen) atoms. The topological polar surface area (TPSA) is 26.0 Å². The van der Waals surface area contributed by atoms with Crippen LogP contribution in [-0.2, 0) is 6.42 Å². The molecule has 2 N–H and O–H groups in total. The van der Waals surface area contributed by atoms with E-state index in [4.69, 9.17) is 17.3 Å². The molecule has 2 rings (SSSR count). The Morgan fingerprint density at radius 3 is 2.44 bits per heavy atom. The van der Waals surface area contributed by atoms with Crippen LogP contribution in [0.15, 0.2) is 42.5 Å². The van der Waals surface area contributed by atoms with Gasteiger partial charge in [-0.25, -0.2) is 4.39 Å². The molecule has 2 aromatic rings. The second-order valence-electron chi connectivity index (χ2n) is 3.65. The zero-order chi connectivity index (χ0) is 11.5. The summed E-state index contributed by atoms with van der Waals surface area (Å²) in [6.07, 6.45) is 0.521. The van der Waals surface area contributed by atoms with Crippen LogP contribution in [0.3, 0.4) is 0 Å². The molecule has 0 saturated carbocycles. The van der Waals surface area contributed by atoms with Crippen molar-refractivity contribution in [3.05, 3.63) is 64.4 Å². The minimum Gasteiger partial charge on any atom is -0.399 e. The summed E-state index contributed by atoms with van der Waals surface area (Å²) >= 11 is 5.82. The van der Waals surface area contributed by atoms with E-state index in [0.717, 1.165) is 5.56 Å². The highest BCUT2D eigenvalue weighted by Gasteiger charge is 2.04. The molecular weight excluding hydrogens is 225 g/mol. The van der Waals surface area contributed by atoms with Crippen molar-refractivity contribution in [1.82, 2.24) is 0 Å². The molecule has 2 aromatic carbocycles. The van der Waals surface area contributed by atoms with Crippen molar-refractivity contribution in [3.8, 4) is 0 Å². The van der Waals surface area contributed by atoms with E-state index >= 15 is 0 Å². The van der Waals surface area contributed by atoms with Gasteiger partial charge in [0, 0.05) is 17.1 Å². The number of hydrogen-bond acceptors (Lipinski definition) is 1. The van der Waals surface area contributed by atoms with Crippen molar-refractivity contribution < 1.29 is 4.39 Å². The molecule has 0 aromatic heterocycles. The highest BCUT2D eigenvalue weighted by Crippen LogP contribution is 2.18. The Balaban J connectivity index is 2.26. The fourth-order valence-electron chi connectivity index (χ4n) is 1.53. The Morgan fingerprint density at radius 1 is 1.06 bits per heavy atom. The number of hydrogen-bond donors (Lipinski definition) is 1. The maximum absolute atomic E-state index is 13.5. The maximum Gasteiger partial charge on any atom is 0.126 e. The van der Waals surface area contributed by atoms with Crippen LogP contribution in [0, 0.1) is 5.82 Å². The molecule has 0 fully saturated rings. The van der Waals surface area contributed by atoms with E-state index in [0.29, 0.717) is 22.7 Å². The summed E-state index contributed by atoms with van der Waals surface area (Å²) in [5.41, 5.74) is 7.89. The second kappa shape index (κ2) is 4.54. The Kier molecular flexibility index (Phi) is 3.11. The lowest BCUT2D eigenvalue weighted by atomic mass is 10.0. The van der Waals surface area contributed by atoms with Crippen LogP contribution >= 0.6 is 11.6 Å². The van der Waals surface area contributed by atoms with Gasteiger partial charge >= 0.3 is 0 Å². The molecule has 0 aliphatic heterocycles. The van der Waals surface area contributed by atoms with E-state index in [2.05, 4.69) is 0 Å². The summed E-state index contributed by atoms with van der Waals surface area (Å²) in [6.45, 7) is 0. The van der Waals surface area contributed by atoms with Crippen molar-refractivity contribution in [2.24, 2.45) is 0 Å². The quantitative estimate of drug-likeness (QED) is 0.790. The Bertz CT molecular complexity index is 494. The van der Waals surface area contributed by atoms with Gasteiger partial charge < -0.3 is 5.73 Å². The van der Waals surface area contributed by atoms with E-state index in [1.807, 2.05) is 12.1 Å². The molecular formula is C13H11ClFN. The average molecular weight is 236 g/mol. The van der Waals surface area contributed by atoms with Crippen LogP contribution in [-0.4, -0.2) is 0 Å². The molecule has 0 heterocycles. The predicted octanol–water partition coefficient (Wildman–Crippen LogP) is 3.65. The zero-order valence-corrected chi connectivity index (χ0v) is 9.34. The van der Waals surface area contributed by atoms with E-state index in [-0.39, 0.29) is 5.82 Å². The van der Waals surface area contributed by atoms with Crippen molar-refractivity contribution in [1.29, 1.82) is 0 Å². The monoisotopic (exact) mass is 235 g/mol. The molecule has 0 unspecified atom stereocenters. The van der Waals surface area contributed by atoms with Crippen LogP contribution in [0.1, 0.15) is 11.1 Å². The maximum atomic E-state index is 13.5. The third-order valence-corrected chi connectivity index (χ3v) is 2.62. The molecule has 0 bridgehead atoms. The van der Waals surface area contributed by atoms with E-state index in [1.54, 1.807) is 24.3 Å². The van der Waals surface area contributed by atoms with Gasteiger partial charge in [0.1, 0.15) is 5.82 Å². The van der Waals surface area contributed by atoms with E-state index in [9.17, 15) is 4.39 Å². The fourth-order valence-corrected chi connectivity index (χ4v) is 1.73. The lowest BCUT2D eigenvalue weighted by Gasteiger charge is -2.04. The van der Waals surface area contributed by atoms with Crippen LogP contribution in [0.2, 0.25) is 5.02 Å². The largest absolute Gasteiger partial charge is 0.399 e. The lowest BCUT2D eigenvalue weighted by molar-refractivity contribution is 0.614. The van der Waals surface area contributed by atoms with Crippen LogP contribution in [0.25, 0.3) is 0 Å². The molecule has 1 nitrogen and oxygen atoms in total. The number of halogens is 2. The number of nitrogen functional groups attached to an aromatic ring is 1.